The molecule has 0 aliphatic heterocycles. The van der Waals surface area contributed by atoms with Gasteiger partial charge in [0.15, 0.2) is 11.4 Å². The third-order valence-electron chi connectivity index (χ3n) is 4.19. The number of benzene rings is 1. The molecule has 1 aromatic carbocycles. The second kappa shape index (κ2) is 6.55. The van der Waals surface area contributed by atoms with Gasteiger partial charge in [-0.1, -0.05) is 11.6 Å². The molecule has 0 unspecified atom stereocenters. The summed E-state index contributed by atoms with van der Waals surface area (Å²) in [6.07, 6.45) is 5.45. The molecule has 4 rings (SSSR count). The first-order valence-electron chi connectivity index (χ1n) is 7.92. The summed E-state index contributed by atoms with van der Waals surface area (Å²) in [6, 6.07) is 1.94. The van der Waals surface area contributed by atoms with E-state index < -0.39 is 17.7 Å². The van der Waals surface area contributed by atoms with Crippen LogP contribution >= 0.6 is 11.6 Å². The van der Waals surface area contributed by atoms with Crippen LogP contribution in [0.15, 0.2) is 41.4 Å². The van der Waals surface area contributed by atoms with E-state index in [0.717, 1.165) is 23.3 Å². The summed E-state index contributed by atoms with van der Waals surface area (Å²) in [6.45, 7) is 1.53. The van der Waals surface area contributed by atoms with E-state index in [-0.39, 0.29) is 22.2 Å². The fourth-order valence-corrected chi connectivity index (χ4v) is 3.17. The highest BCUT2D eigenvalue weighted by molar-refractivity contribution is 6.31. The first-order chi connectivity index (χ1) is 13.0. The third-order valence-corrected chi connectivity index (χ3v) is 4.57. The number of nitrogens with zero attached hydrogens (tertiary/aromatic N) is 2. The Hall–Kier alpha value is -3.13. The van der Waals surface area contributed by atoms with Gasteiger partial charge >= 0.3 is 0 Å². The summed E-state index contributed by atoms with van der Waals surface area (Å²) in [5.74, 6) is -1.26. The number of furan rings is 1. The predicted octanol–water partition coefficient (Wildman–Crippen LogP) is 4.87. The Kier molecular flexibility index (Phi) is 4.19. The van der Waals surface area contributed by atoms with E-state index in [1.165, 1.54) is 13.2 Å². The molecule has 0 amide bonds. The lowest BCUT2D eigenvalue weighted by Crippen LogP contribution is -2.09. The number of anilines is 1. The maximum Gasteiger partial charge on any atom is 0.205 e. The zero-order chi connectivity index (χ0) is 19.1. The van der Waals surface area contributed by atoms with Crippen molar-refractivity contribution in [1.29, 1.82) is 0 Å². The summed E-state index contributed by atoms with van der Waals surface area (Å²) in [7, 11) is 0. The molecule has 3 aromatic heterocycles. The van der Waals surface area contributed by atoms with Crippen molar-refractivity contribution in [1.82, 2.24) is 15.2 Å². The molecule has 0 saturated carbocycles. The van der Waals surface area contributed by atoms with Gasteiger partial charge in [0.05, 0.1) is 16.6 Å². The van der Waals surface area contributed by atoms with E-state index in [2.05, 4.69) is 15.2 Å². The number of aromatic nitrogens is 3. The van der Waals surface area contributed by atoms with Gasteiger partial charge < -0.3 is 14.9 Å². The van der Waals surface area contributed by atoms with Gasteiger partial charge in [-0.25, -0.2) is 13.8 Å². The Morgan fingerprint density at radius 3 is 2.78 bits per heavy atom. The zero-order valence-corrected chi connectivity index (χ0v) is 14.7. The van der Waals surface area contributed by atoms with E-state index in [9.17, 15) is 8.78 Å². The first kappa shape index (κ1) is 17.3. The molecule has 6 nitrogen and oxygen atoms in total. The number of rotatable bonds is 4. The number of halogens is 3. The summed E-state index contributed by atoms with van der Waals surface area (Å²) >= 11 is 5.91. The lowest BCUT2D eigenvalue weighted by atomic mass is 10.1. The van der Waals surface area contributed by atoms with Gasteiger partial charge in [0.1, 0.15) is 24.0 Å². The van der Waals surface area contributed by atoms with E-state index in [0.29, 0.717) is 11.0 Å². The van der Waals surface area contributed by atoms with Gasteiger partial charge in [0.25, 0.3) is 0 Å². The summed E-state index contributed by atoms with van der Waals surface area (Å²) in [4.78, 5) is 4.12. The summed E-state index contributed by atoms with van der Waals surface area (Å²) < 4.78 is 39.3. The van der Waals surface area contributed by atoms with E-state index in [1.54, 1.807) is 18.6 Å². The van der Waals surface area contributed by atoms with Crippen LogP contribution in [0.3, 0.4) is 0 Å². The molecule has 27 heavy (non-hydrogen) atoms. The van der Waals surface area contributed by atoms with Crippen molar-refractivity contribution in [3.63, 3.8) is 0 Å². The van der Waals surface area contributed by atoms with Crippen LogP contribution in [0, 0.1) is 11.6 Å². The van der Waals surface area contributed by atoms with Gasteiger partial charge in [0.2, 0.25) is 5.75 Å². The molecule has 0 saturated heterocycles. The Morgan fingerprint density at radius 1 is 1.26 bits per heavy atom. The number of fused-ring (bicyclic) bond motifs is 1. The maximum absolute atomic E-state index is 14.2. The zero-order valence-electron chi connectivity index (χ0n) is 14.0. The molecule has 0 aliphatic rings. The third kappa shape index (κ3) is 2.87. The number of hydrogen-bond acceptors (Lipinski definition) is 5. The molecular formula is C18H13ClF2N4O2. The van der Waals surface area contributed by atoms with Crippen LogP contribution in [-0.2, 0) is 0 Å². The minimum absolute atomic E-state index is 0.0513. The number of nitrogens with one attached hydrogen (secondary N) is 1. The van der Waals surface area contributed by atoms with Gasteiger partial charge in [-0.15, -0.1) is 0 Å². The van der Waals surface area contributed by atoms with Crippen molar-refractivity contribution < 1.29 is 17.9 Å². The Bertz CT molecular complexity index is 1130. The van der Waals surface area contributed by atoms with Crippen molar-refractivity contribution in [3.8, 4) is 16.9 Å². The quantitative estimate of drug-likeness (QED) is 0.485. The van der Waals surface area contributed by atoms with Crippen LogP contribution in [0.25, 0.3) is 22.1 Å². The molecule has 0 bridgehead atoms. The lowest BCUT2D eigenvalue weighted by molar-refractivity contribution is 0.221. The number of hydrogen-bond donors (Lipinski definition) is 2. The predicted molar refractivity (Wildman–Crippen MR) is 96.4 cm³/mol. The topological polar surface area (TPSA) is 90.0 Å². The number of pyridine rings is 1. The average Bonchev–Trinajstić information content (AvgIpc) is 3.30. The molecule has 3 N–H and O–H groups in total. The van der Waals surface area contributed by atoms with Gasteiger partial charge in [0, 0.05) is 29.1 Å². The Labute approximate surface area is 156 Å². The molecule has 0 aliphatic carbocycles. The number of ether oxygens (including phenoxy) is 1. The Morgan fingerprint density at radius 2 is 2.04 bits per heavy atom. The molecule has 0 spiro atoms. The summed E-state index contributed by atoms with van der Waals surface area (Å²) in [5, 5.41) is 6.92. The van der Waals surface area contributed by atoms with Gasteiger partial charge in [-0.3, -0.25) is 5.10 Å². The van der Waals surface area contributed by atoms with Crippen LogP contribution in [0.5, 0.6) is 5.75 Å². The average molecular weight is 391 g/mol. The van der Waals surface area contributed by atoms with Crippen LogP contribution in [0.4, 0.5) is 14.6 Å². The van der Waals surface area contributed by atoms with Crippen molar-refractivity contribution in [3.05, 3.63) is 59.2 Å². The van der Waals surface area contributed by atoms with Gasteiger partial charge in [-0.05, 0) is 19.1 Å². The monoisotopic (exact) mass is 390 g/mol. The second-order valence-corrected chi connectivity index (χ2v) is 6.25. The molecule has 0 radical (unpaired) electrons. The van der Waals surface area contributed by atoms with Gasteiger partial charge in [-0.2, -0.15) is 5.10 Å². The highest BCUT2D eigenvalue weighted by Gasteiger charge is 2.23. The van der Waals surface area contributed by atoms with E-state index in [4.69, 9.17) is 26.5 Å². The lowest BCUT2D eigenvalue weighted by Gasteiger charge is -2.18. The van der Waals surface area contributed by atoms with E-state index >= 15 is 0 Å². The van der Waals surface area contributed by atoms with Crippen molar-refractivity contribution in [2.75, 3.05) is 5.73 Å². The van der Waals surface area contributed by atoms with Crippen LogP contribution in [0.2, 0.25) is 5.02 Å². The fraction of sp³-hybridized carbons (Fsp3) is 0.111. The van der Waals surface area contributed by atoms with Crippen molar-refractivity contribution >= 4 is 28.4 Å². The second-order valence-electron chi connectivity index (χ2n) is 5.87. The van der Waals surface area contributed by atoms with Crippen LogP contribution in [-0.4, -0.2) is 15.2 Å². The molecule has 9 heteroatoms. The molecular weight excluding hydrogens is 378 g/mol. The number of nitrogens with two attached hydrogens (primary N) is 1. The molecule has 0 fully saturated rings. The highest BCUT2D eigenvalue weighted by Crippen LogP contribution is 2.40. The fourth-order valence-electron chi connectivity index (χ4n) is 2.87. The van der Waals surface area contributed by atoms with Crippen LogP contribution in [0.1, 0.15) is 18.6 Å². The highest BCUT2D eigenvalue weighted by atomic mass is 35.5. The van der Waals surface area contributed by atoms with Crippen molar-refractivity contribution in [2.24, 2.45) is 0 Å². The molecule has 1 atom stereocenters. The maximum atomic E-state index is 14.2. The Balaban J connectivity index is 1.79. The standard InChI is InChI=1S/C18H13ClF2N4O2/c1-8(14-12(20)2-3-13(21)15(14)19)27-17-16-10(6-23-18(17)22)11(7-26-16)9-4-24-25-5-9/h2-8H,1H3,(H2,22,23)(H,24,25)/t8-/m1/s1. The SMILES string of the molecule is C[C@@H](Oc1c(N)ncc2c(-c3cn[nH]c3)coc12)c1c(F)ccc(F)c1Cl. The number of H-pyrrole nitrogens is 1. The van der Waals surface area contributed by atoms with Crippen molar-refractivity contribution in [2.45, 2.75) is 13.0 Å². The smallest absolute Gasteiger partial charge is 0.205 e. The first-order valence-corrected chi connectivity index (χ1v) is 8.30. The normalized spacial score (nSPS) is 12.4. The molecule has 4 aromatic rings. The molecule has 3 heterocycles. The number of nitrogen functional groups attached to an aromatic ring is 1. The minimum atomic E-state index is -0.939. The number of aromatic amines is 1. The largest absolute Gasteiger partial charge is 0.478 e. The van der Waals surface area contributed by atoms with Crippen LogP contribution < -0.4 is 10.5 Å². The summed E-state index contributed by atoms with van der Waals surface area (Å²) in [5.41, 5.74) is 7.67. The van der Waals surface area contributed by atoms with E-state index in [1.807, 2.05) is 0 Å². The molecule has 138 valence electrons. The minimum Gasteiger partial charge on any atom is -0.478 e.